The minimum absolute atomic E-state index is 0.0497. The monoisotopic (exact) mass is 387 g/mol. The molecule has 0 aliphatic rings. The molecule has 0 saturated heterocycles. The molecule has 1 amide bonds. The number of nitriles is 1. The molecule has 2 aromatic rings. The number of benzene rings is 2. The van der Waals surface area contributed by atoms with Crippen LogP contribution in [0.25, 0.3) is 10.8 Å². The predicted molar refractivity (Wildman–Crippen MR) is 122 cm³/mol. The van der Waals surface area contributed by atoms with E-state index in [4.69, 9.17) is 5.26 Å². The van der Waals surface area contributed by atoms with E-state index in [-0.39, 0.29) is 5.91 Å². The topological polar surface area (TPSA) is 56.1 Å². The Labute approximate surface area is 173 Å². The third-order valence-electron chi connectivity index (χ3n) is 5.11. The molecule has 150 valence electrons. The largest absolute Gasteiger partial charge is 0.355 e. The average molecular weight is 388 g/mol. The maximum atomic E-state index is 13.2. The van der Waals surface area contributed by atoms with Crippen molar-refractivity contribution < 1.29 is 4.79 Å². The second-order valence-corrected chi connectivity index (χ2v) is 7.00. The van der Waals surface area contributed by atoms with E-state index < -0.39 is 0 Å². The van der Waals surface area contributed by atoms with Gasteiger partial charge >= 0.3 is 0 Å². The van der Waals surface area contributed by atoms with E-state index in [1.165, 1.54) is 0 Å². The van der Waals surface area contributed by atoms with Gasteiger partial charge in [0.15, 0.2) is 0 Å². The number of allylic oxidation sites excluding steroid dienone is 3. The molecular weight excluding hydrogens is 358 g/mol. The summed E-state index contributed by atoms with van der Waals surface area (Å²) < 4.78 is 0. The minimum atomic E-state index is 0.0497. The summed E-state index contributed by atoms with van der Waals surface area (Å²) in [4.78, 5) is 15.1. The number of hydrogen-bond acceptors (Lipinski definition) is 3. The standard InChI is InChI=1S/C25H29N3O/c1-7-15-28(9-3)25(29)21-13-14-23(20-12-10-11-17(4)24(20)21)27-22(8-2)19(6)18(5)16-26/h8,10-14,27H,2,5,7,9,15H2,1,3-4,6H3/b22-19+. The molecule has 0 fully saturated rings. The highest BCUT2D eigenvalue weighted by Crippen LogP contribution is 2.32. The van der Waals surface area contributed by atoms with Gasteiger partial charge in [-0.05, 0) is 61.9 Å². The highest BCUT2D eigenvalue weighted by Gasteiger charge is 2.19. The molecule has 4 heteroatoms. The van der Waals surface area contributed by atoms with Crippen LogP contribution in [-0.4, -0.2) is 23.9 Å². The molecule has 0 atom stereocenters. The molecule has 0 aliphatic carbocycles. The van der Waals surface area contributed by atoms with Gasteiger partial charge in [0.25, 0.3) is 5.91 Å². The molecule has 0 aromatic heterocycles. The number of anilines is 1. The summed E-state index contributed by atoms with van der Waals surface area (Å²) in [5.41, 5.74) is 4.46. The van der Waals surface area contributed by atoms with Gasteiger partial charge in [0.1, 0.15) is 0 Å². The van der Waals surface area contributed by atoms with Gasteiger partial charge in [-0.2, -0.15) is 5.26 Å². The molecule has 0 bridgehead atoms. The zero-order valence-corrected chi connectivity index (χ0v) is 17.8. The summed E-state index contributed by atoms with van der Waals surface area (Å²) in [6, 6.07) is 11.9. The number of fused-ring (bicyclic) bond motifs is 1. The van der Waals surface area contributed by atoms with E-state index in [1.54, 1.807) is 6.08 Å². The van der Waals surface area contributed by atoms with Gasteiger partial charge in [-0.3, -0.25) is 4.79 Å². The van der Waals surface area contributed by atoms with Crippen molar-refractivity contribution in [3.63, 3.8) is 0 Å². The van der Waals surface area contributed by atoms with Crippen molar-refractivity contribution in [2.45, 2.75) is 34.1 Å². The minimum Gasteiger partial charge on any atom is -0.355 e. The van der Waals surface area contributed by atoms with E-state index in [0.29, 0.717) is 17.7 Å². The highest BCUT2D eigenvalue weighted by atomic mass is 16.2. The van der Waals surface area contributed by atoms with E-state index in [1.807, 2.05) is 56.0 Å². The van der Waals surface area contributed by atoms with Crippen molar-refractivity contribution in [3.05, 3.63) is 77.5 Å². The van der Waals surface area contributed by atoms with Crippen LogP contribution in [0.1, 0.15) is 43.1 Å². The molecule has 0 radical (unpaired) electrons. The predicted octanol–water partition coefficient (Wildman–Crippen LogP) is 5.97. The Morgan fingerprint density at radius 1 is 1.28 bits per heavy atom. The Balaban J connectivity index is 2.64. The van der Waals surface area contributed by atoms with Gasteiger partial charge in [0.2, 0.25) is 0 Å². The second kappa shape index (κ2) is 9.75. The zero-order chi connectivity index (χ0) is 21.6. The molecule has 0 unspecified atom stereocenters. The SMILES string of the molecule is C=C/C(Nc1ccc(C(=O)N(CC)CCC)c2c(C)cccc12)=C(/C)C(=C)C#N. The normalized spacial score (nSPS) is 11.4. The summed E-state index contributed by atoms with van der Waals surface area (Å²) in [7, 11) is 0. The van der Waals surface area contributed by atoms with Gasteiger partial charge in [-0.25, -0.2) is 0 Å². The molecular formula is C25H29N3O. The Morgan fingerprint density at radius 3 is 2.59 bits per heavy atom. The van der Waals surface area contributed by atoms with Crippen molar-refractivity contribution >= 4 is 22.4 Å². The number of aryl methyl sites for hydroxylation is 1. The highest BCUT2D eigenvalue weighted by molar-refractivity contribution is 6.11. The van der Waals surface area contributed by atoms with Crippen LogP contribution in [0.5, 0.6) is 0 Å². The third-order valence-corrected chi connectivity index (χ3v) is 5.11. The van der Waals surface area contributed by atoms with Crippen LogP contribution < -0.4 is 5.32 Å². The van der Waals surface area contributed by atoms with Crippen LogP contribution in [0, 0.1) is 18.3 Å². The maximum absolute atomic E-state index is 13.2. The number of rotatable bonds is 8. The summed E-state index contributed by atoms with van der Waals surface area (Å²) in [5, 5.41) is 14.4. The maximum Gasteiger partial charge on any atom is 0.254 e. The van der Waals surface area contributed by atoms with Crippen LogP contribution >= 0.6 is 0 Å². The molecule has 0 aliphatic heterocycles. The molecule has 2 rings (SSSR count). The smallest absolute Gasteiger partial charge is 0.254 e. The zero-order valence-electron chi connectivity index (χ0n) is 17.8. The van der Waals surface area contributed by atoms with Crippen molar-refractivity contribution in [1.82, 2.24) is 4.90 Å². The number of amides is 1. The van der Waals surface area contributed by atoms with Crippen molar-refractivity contribution in [3.8, 4) is 6.07 Å². The van der Waals surface area contributed by atoms with E-state index >= 15 is 0 Å². The lowest BCUT2D eigenvalue weighted by Crippen LogP contribution is -2.31. The fourth-order valence-electron chi connectivity index (χ4n) is 3.41. The lowest BCUT2D eigenvalue weighted by atomic mass is 9.97. The Bertz CT molecular complexity index is 1020. The number of carbonyl (C=O) groups is 1. The molecule has 1 N–H and O–H groups in total. The lowest BCUT2D eigenvalue weighted by Gasteiger charge is -2.22. The fraction of sp³-hybridized carbons (Fsp3) is 0.280. The first-order valence-corrected chi connectivity index (χ1v) is 9.90. The Kier molecular flexibility index (Phi) is 7.39. The average Bonchev–Trinajstić information content (AvgIpc) is 2.74. The van der Waals surface area contributed by atoms with Crippen molar-refractivity contribution in [2.24, 2.45) is 0 Å². The fourth-order valence-corrected chi connectivity index (χ4v) is 3.41. The van der Waals surface area contributed by atoms with Crippen molar-refractivity contribution in [2.75, 3.05) is 18.4 Å². The summed E-state index contributed by atoms with van der Waals surface area (Å²) in [5.74, 6) is 0.0497. The summed E-state index contributed by atoms with van der Waals surface area (Å²) in [6.45, 7) is 17.0. The number of carbonyl (C=O) groups excluding carboxylic acids is 1. The quantitative estimate of drug-likeness (QED) is 0.448. The lowest BCUT2D eigenvalue weighted by molar-refractivity contribution is 0.0766. The van der Waals surface area contributed by atoms with E-state index in [0.717, 1.165) is 46.3 Å². The van der Waals surface area contributed by atoms with E-state index in [2.05, 4.69) is 31.5 Å². The first-order valence-electron chi connectivity index (χ1n) is 9.90. The van der Waals surface area contributed by atoms with Crippen LogP contribution in [-0.2, 0) is 0 Å². The first-order chi connectivity index (χ1) is 13.9. The van der Waals surface area contributed by atoms with Gasteiger partial charge in [-0.1, -0.05) is 38.3 Å². The third kappa shape index (κ3) is 4.57. The second-order valence-electron chi connectivity index (χ2n) is 7.00. The van der Waals surface area contributed by atoms with Gasteiger partial charge in [0, 0.05) is 41.0 Å². The Morgan fingerprint density at radius 2 is 2.00 bits per heavy atom. The van der Waals surface area contributed by atoms with Gasteiger partial charge in [-0.15, -0.1) is 0 Å². The number of hydrogen-bond donors (Lipinski definition) is 1. The number of nitrogens with one attached hydrogen (secondary N) is 1. The van der Waals surface area contributed by atoms with E-state index in [9.17, 15) is 4.79 Å². The number of nitrogens with zero attached hydrogens (tertiary/aromatic N) is 2. The Hall–Kier alpha value is -3.32. The van der Waals surface area contributed by atoms with Crippen LogP contribution in [0.15, 0.2) is 66.4 Å². The molecule has 0 spiro atoms. The first kappa shape index (κ1) is 22.0. The van der Waals surface area contributed by atoms with Gasteiger partial charge < -0.3 is 10.2 Å². The van der Waals surface area contributed by atoms with Gasteiger partial charge in [0.05, 0.1) is 6.07 Å². The summed E-state index contributed by atoms with van der Waals surface area (Å²) in [6.07, 6.45) is 2.60. The molecule has 4 nitrogen and oxygen atoms in total. The van der Waals surface area contributed by atoms with Crippen molar-refractivity contribution in [1.29, 1.82) is 5.26 Å². The summed E-state index contributed by atoms with van der Waals surface area (Å²) >= 11 is 0. The molecule has 2 aromatic carbocycles. The molecule has 0 heterocycles. The van der Waals surface area contributed by atoms with Crippen LogP contribution in [0.2, 0.25) is 0 Å². The molecule has 0 saturated carbocycles. The molecule has 29 heavy (non-hydrogen) atoms. The van der Waals surface area contributed by atoms with Crippen LogP contribution in [0.3, 0.4) is 0 Å². The van der Waals surface area contributed by atoms with Crippen LogP contribution in [0.4, 0.5) is 5.69 Å².